The molecule has 188 valence electrons. The van der Waals surface area contributed by atoms with Crippen molar-refractivity contribution in [3.05, 3.63) is 82.6 Å². The minimum atomic E-state index is -0.561. The molecule has 4 rings (SSSR count). The van der Waals surface area contributed by atoms with Crippen LogP contribution < -0.4 is 4.74 Å². The second-order valence-electron chi connectivity index (χ2n) is 9.60. The predicted octanol–water partition coefficient (Wildman–Crippen LogP) is 5.64. The molecule has 2 amide bonds. The molecule has 0 N–H and O–H groups in total. The number of hydrogen-bond donors (Lipinski definition) is 0. The lowest BCUT2D eigenvalue weighted by atomic mass is 9.92. The number of aryl methyl sites for hydroxylation is 1. The first-order valence-electron chi connectivity index (χ1n) is 12.3. The van der Waals surface area contributed by atoms with Gasteiger partial charge >= 0.3 is 0 Å². The third kappa shape index (κ3) is 4.96. The molecular weight excluding hydrogens is 464 g/mol. The van der Waals surface area contributed by atoms with Gasteiger partial charge in [-0.1, -0.05) is 18.2 Å². The number of nitrogens with zero attached hydrogens (tertiary/aromatic N) is 4. The van der Waals surface area contributed by atoms with Crippen LogP contribution >= 0.6 is 0 Å². The van der Waals surface area contributed by atoms with Crippen molar-refractivity contribution in [2.24, 2.45) is 0 Å². The van der Waals surface area contributed by atoms with Gasteiger partial charge in [-0.05, 0) is 89.1 Å². The Morgan fingerprint density at radius 1 is 1.00 bits per heavy atom. The Morgan fingerprint density at radius 3 is 2.30 bits per heavy atom. The van der Waals surface area contributed by atoms with Crippen LogP contribution in [0.2, 0.25) is 0 Å². The minimum absolute atomic E-state index is 0.0251. The molecule has 1 aliphatic rings. The van der Waals surface area contributed by atoms with Gasteiger partial charge in [-0.2, -0.15) is 10.4 Å². The van der Waals surface area contributed by atoms with Gasteiger partial charge in [0.25, 0.3) is 11.8 Å². The first-order valence-corrected chi connectivity index (χ1v) is 12.3. The summed E-state index contributed by atoms with van der Waals surface area (Å²) in [6, 6.07) is 17.1. The highest BCUT2D eigenvalue weighted by Gasteiger charge is 2.37. The molecule has 7 heteroatoms. The summed E-state index contributed by atoms with van der Waals surface area (Å²) >= 11 is 0. The number of ether oxygens (including phenoxy) is 1. The normalized spacial score (nSPS) is 15.2. The van der Waals surface area contributed by atoms with Crippen LogP contribution in [0.5, 0.6) is 5.75 Å². The van der Waals surface area contributed by atoms with Gasteiger partial charge in [0.1, 0.15) is 23.1 Å². The quantitative estimate of drug-likeness (QED) is 0.327. The van der Waals surface area contributed by atoms with E-state index in [-0.39, 0.29) is 17.7 Å². The van der Waals surface area contributed by atoms with Crippen molar-refractivity contribution in [2.45, 2.75) is 53.7 Å². The number of aromatic nitrogens is 2. The smallest absolute Gasteiger partial charge is 0.271 e. The SMILES string of the molecule is CC1=C(C#N)C(=O)N(C(C)C)C(=O)/C1=C/c1cn(-c2ccccc2)nc1-c1ccc(OC(C)C)cc1C. The third-order valence-electron chi connectivity index (χ3n) is 6.18. The number of benzene rings is 2. The summed E-state index contributed by atoms with van der Waals surface area (Å²) in [6.07, 6.45) is 3.64. The first kappa shape index (κ1) is 25.6. The summed E-state index contributed by atoms with van der Waals surface area (Å²) in [5.41, 5.74) is 4.74. The Morgan fingerprint density at radius 2 is 1.70 bits per heavy atom. The number of amides is 2. The standard InChI is InChI=1S/C30H30N4O3/c1-18(2)34-29(35)26(21(6)27(16-31)30(34)36)15-22-17-33(23-10-8-7-9-11-23)32-28(22)25-13-12-24(14-20(25)5)37-19(3)4/h7-15,17-19H,1-6H3/b26-15+. The van der Waals surface area contributed by atoms with Crippen LogP contribution in [0, 0.1) is 18.3 Å². The minimum Gasteiger partial charge on any atom is -0.491 e. The molecule has 1 aliphatic heterocycles. The first-order chi connectivity index (χ1) is 17.6. The molecule has 0 aliphatic carbocycles. The molecule has 2 heterocycles. The van der Waals surface area contributed by atoms with E-state index >= 15 is 0 Å². The monoisotopic (exact) mass is 494 g/mol. The summed E-state index contributed by atoms with van der Waals surface area (Å²) in [5, 5.41) is 14.6. The van der Waals surface area contributed by atoms with Crippen LogP contribution in [0.4, 0.5) is 0 Å². The van der Waals surface area contributed by atoms with Gasteiger partial charge in [0, 0.05) is 28.9 Å². The molecule has 7 nitrogen and oxygen atoms in total. The van der Waals surface area contributed by atoms with Crippen LogP contribution in [0.15, 0.2) is 71.4 Å². The molecule has 0 spiro atoms. The fourth-order valence-electron chi connectivity index (χ4n) is 4.39. The van der Waals surface area contributed by atoms with Gasteiger partial charge in [-0.3, -0.25) is 14.5 Å². The van der Waals surface area contributed by atoms with E-state index in [1.54, 1.807) is 31.5 Å². The summed E-state index contributed by atoms with van der Waals surface area (Å²) in [5.74, 6) is -0.217. The summed E-state index contributed by atoms with van der Waals surface area (Å²) in [4.78, 5) is 27.4. The average molecular weight is 495 g/mol. The molecule has 0 fully saturated rings. The lowest BCUT2D eigenvalue weighted by Gasteiger charge is -2.30. The van der Waals surface area contributed by atoms with Crippen molar-refractivity contribution in [3.8, 4) is 28.8 Å². The lowest BCUT2D eigenvalue weighted by molar-refractivity contribution is -0.142. The van der Waals surface area contributed by atoms with Gasteiger partial charge in [0.15, 0.2) is 0 Å². The Bertz CT molecular complexity index is 1470. The Hall–Kier alpha value is -4.44. The summed E-state index contributed by atoms with van der Waals surface area (Å²) < 4.78 is 7.62. The number of para-hydroxylation sites is 1. The van der Waals surface area contributed by atoms with E-state index in [9.17, 15) is 14.9 Å². The van der Waals surface area contributed by atoms with Crippen molar-refractivity contribution >= 4 is 17.9 Å². The molecule has 37 heavy (non-hydrogen) atoms. The highest BCUT2D eigenvalue weighted by molar-refractivity contribution is 6.20. The second-order valence-corrected chi connectivity index (χ2v) is 9.60. The fourth-order valence-corrected chi connectivity index (χ4v) is 4.39. The molecule has 0 atom stereocenters. The van der Waals surface area contributed by atoms with Gasteiger partial charge in [-0.15, -0.1) is 0 Å². The Labute approximate surface area is 217 Å². The molecule has 2 aromatic carbocycles. The van der Waals surface area contributed by atoms with E-state index in [1.165, 1.54) is 0 Å². The number of hydrogen-bond acceptors (Lipinski definition) is 5. The maximum absolute atomic E-state index is 13.4. The van der Waals surface area contributed by atoms with Crippen LogP contribution in [0.3, 0.4) is 0 Å². The van der Waals surface area contributed by atoms with Crippen LogP contribution in [0.25, 0.3) is 23.0 Å². The maximum atomic E-state index is 13.4. The van der Waals surface area contributed by atoms with Crippen LogP contribution in [-0.2, 0) is 9.59 Å². The number of rotatable bonds is 6. The number of imide groups is 1. The van der Waals surface area contributed by atoms with Crippen molar-refractivity contribution in [3.63, 3.8) is 0 Å². The molecule has 0 saturated carbocycles. The maximum Gasteiger partial charge on any atom is 0.271 e. The van der Waals surface area contributed by atoms with Crippen molar-refractivity contribution in [2.75, 3.05) is 0 Å². The van der Waals surface area contributed by atoms with Gasteiger partial charge in [-0.25, -0.2) is 4.68 Å². The molecule has 0 saturated heterocycles. The number of nitriles is 1. The molecule has 3 aromatic rings. The van der Waals surface area contributed by atoms with E-state index in [4.69, 9.17) is 9.84 Å². The van der Waals surface area contributed by atoms with Gasteiger partial charge in [0.05, 0.1) is 11.8 Å². The fraction of sp³-hybridized carbons (Fsp3) is 0.267. The van der Waals surface area contributed by atoms with E-state index < -0.39 is 11.8 Å². The van der Waals surface area contributed by atoms with Crippen LogP contribution in [0.1, 0.15) is 45.7 Å². The van der Waals surface area contributed by atoms with Crippen LogP contribution in [-0.4, -0.2) is 38.6 Å². The molecular formula is C30H30N4O3. The largest absolute Gasteiger partial charge is 0.491 e. The third-order valence-corrected chi connectivity index (χ3v) is 6.18. The zero-order valence-electron chi connectivity index (χ0n) is 21.9. The predicted molar refractivity (Wildman–Crippen MR) is 143 cm³/mol. The Kier molecular flexibility index (Phi) is 7.12. The van der Waals surface area contributed by atoms with E-state index in [2.05, 4.69) is 0 Å². The van der Waals surface area contributed by atoms with Crippen molar-refractivity contribution in [1.82, 2.24) is 14.7 Å². The van der Waals surface area contributed by atoms with Gasteiger partial charge < -0.3 is 4.74 Å². The average Bonchev–Trinajstić information content (AvgIpc) is 3.26. The molecule has 0 unspecified atom stereocenters. The van der Waals surface area contributed by atoms with Crippen molar-refractivity contribution < 1.29 is 14.3 Å². The van der Waals surface area contributed by atoms with E-state index in [0.717, 1.165) is 27.5 Å². The lowest BCUT2D eigenvalue weighted by Crippen LogP contribution is -2.46. The highest BCUT2D eigenvalue weighted by atomic mass is 16.5. The summed E-state index contributed by atoms with van der Waals surface area (Å²) in [6.45, 7) is 11.1. The van der Waals surface area contributed by atoms with Gasteiger partial charge in [0.2, 0.25) is 0 Å². The van der Waals surface area contributed by atoms with E-state index in [0.29, 0.717) is 22.4 Å². The highest BCUT2D eigenvalue weighted by Crippen LogP contribution is 2.34. The number of carbonyl (C=O) groups excluding carboxylic acids is 2. The topological polar surface area (TPSA) is 88.2 Å². The molecule has 1 aromatic heterocycles. The molecule has 0 radical (unpaired) electrons. The van der Waals surface area contributed by atoms with E-state index in [1.807, 2.05) is 81.6 Å². The Balaban J connectivity index is 1.93. The summed E-state index contributed by atoms with van der Waals surface area (Å²) in [7, 11) is 0. The number of carbonyl (C=O) groups is 2. The molecule has 0 bridgehead atoms. The zero-order chi connectivity index (χ0) is 26.9. The second kappa shape index (κ2) is 10.3. The van der Waals surface area contributed by atoms with Crippen molar-refractivity contribution in [1.29, 1.82) is 5.26 Å². The zero-order valence-corrected chi connectivity index (χ0v) is 21.9.